The molecule has 2 rings (SSSR count). The minimum Gasteiger partial charge on any atom is -0.341 e. The predicted octanol–water partition coefficient (Wildman–Crippen LogP) is 2.64. The van der Waals surface area contributed by atoms with E-state index in [9.17, 15) is 4.79 Å². The fourth-order valence-electron chi connectivity index (χ4n) is 2.15. The summed E-state index contributed by atoms with van der Waals surface area (Å²) in [7, 11) is 0. The first-order valence-electron chi connectivity index (χ1n) is 6.11. The molecule has 1 fully saturated rings. The Morgan fingerprint density at radius 2 is 2.11 bits per heavy atom. The largest absolute Gasteiger partial charge is 0.341 e. The summed E-state index contributed by atoms with van der Waals surface area (Å²) in [6.07, 6.45) is 2.01. The molecule has 4 heteroatoms. The van der Waals surface area contributed by atoms with E-state index < -0.39 is 0 Å². The molecule has 0 radical (unpaired) electrons. The third-order valence-electron chi connectivity index (χ3n) is 3.27. The van der Waals surface area contributed by atoms with Crippen molar-refractivity contribution in [3.8, 4) is 6.07 Å². The molecule has 0 N–H and O–H groups in total. The van der Waals surface area contributed by atoms with Crippen LogP contribution in [0.2, 0.25) is 5.02 Å². The number of nitriles is 1. The van der Waals surface area contributed by atoms with Gasteiger partial charge in [-0.2, -0.15) is 5.26 Å². The number of rotatable bonds is 3. The zero-order chi connectivity index (χ0) is 13.0. The quantitative estimate of drug-likeness (QED) is 0.841. The summed E-state index contributed by atoms with van der Waals surface area (Å²) in [5.74, 6) is 0.156. The summed E-state index contributed by atoms with van der Waals surface area (Å²) in [6, 6.07) is 9.90. The summed E-state index contributed by atoms with van der Waals surface area (Å²) < 4.78 is 0. The van der Waals surface area contributed by atoms with E-state index in [2.05, 4.69) is 6.07 Å². The molecule has 1 aromatic carbocycles. The maximum atomic E-state index is 11.7. The van der Waals surface area contributed by atoms with Crippen LogP contribution in [0.15, 0.2) is 24.3 Å². The molecule has 1 heterocycles. The Hall–Kier alpha value is -1.53. The van der Waals surface area contributed by atoms with Crippen molar-refractivity contribution >= 4 is 17.5 Å². The second kappa shape index (κ2) is 5.88. The van der Waals surface area contributed by atoms with Crippen molar-refractivity contribution in [1.29, 1.82) is 5.26 Å². The predicted molar refractivity (Wildman–Crippen MR) is 70.1 cm³/mol. The van der Waals surface area contributed by atoms with Crippen LogP contribution in [0.1, 0.15) is 18.4 Å². The number of carbonyl (C=O) groups is 1. The highest BCUT2D eigenvalue weighted by Crippen LogP contribution is 2.17. The molecule has 1 atom stereocenters. The van der Waals surface area contributed by atoms with E-state index in [-0.39, 0.29) is 11.8 Å². The molecule has 1 aliphatic rings. The molecule has 18 heavy (non-hydrogen) atoms. The molecule has 0 aliphatic carbocycles. The van der Waals surface area contributed by atoms with Gasteiger partial charge >= 0.3 is 0 Å². The lowest BCUT2D eigenvalue weighted by Crippen LogP contribution is -2.40. The van der Waals surface area contributed by atoms with Gasteiger partial charge in [-0.15, -0.1) is 0 Å². The van der Waals surface area contributed by atoms with E-state index in [0.717, 1.165) is 17.0 Å². The second-order valence-corrected chi connectivity index (χ2v) is 5.02. The molecule has 1 aromatic rings. The molecule has 0 saturated carbocycles. The van der Waals surface area contributed by atoms with E-state index in [1.165, 1.54) is 0 Å². The van der Waals surface area contributed by atoms with Gasteiger partial charge in [-0.25, -0.2) is 0 Å². The van der Waals surface area contributed by atoms with E-state index in [0.29, 0.717) is 25.9 Å². The van der Waals surface area contributed by atoms with Gasteiger partial charge in [0.05, 0.1) is 12.0 Å². The highest BCUT2D eigenvalue weighted by molar-refractivity contribution is 6.30. The van der Waals surface area contributed by atoms with Crippen LogP contribution in [0, 0.1) is 17.2 Å². The van der Waals surface area contributed by atoms with E-state index in [1.54, 1.807) is 4.90 Å². The van der Waals surface area contributed by atoms with Crippen molar-refractivity contribution < 1.29 is 4.79 Å². The Morgan fingerprint density at radius 3 is 2.78 bits per heavy atom. The lowest BCUT2D eigenvalue weighted by Gasteiger charge is -2.29. The standard InChI is InChI=1S/C14H15ClN2O/c15-13-4-1-11(2-5-13)7-8-17-10-12(9-16)3-6-14(17)18/h1-2,4-5,12H,3,6-8,10H2. The van der Waals surface area contributed by atoms with Crippen LogP contribution in [-0.4, -0.2) is 23.9 Å². The molecule has 0 spiro atoms. The van der Waals surface area contributed by atoms with Crippen LogP contribution in [0.4, 0.5) is 0 Å². The van der Waals surface area contributed by atoms with Gasteiger partial charge in [-0.1, -0.05) is 23.7 Å². The van der Waals surface area contributed by atoms with Crippen LogP contribution < -0.4 is 0 Å². The van der Waals surface area contributed by atoms with Crippen molar-refractivity contribution in [1.82, 2.24) is 4.90 Å². The Kier molecular flexibility index (Phi) is 4.22. The zero-order valence-electron chi connectivity index (χ0n) is 10.1. The smallest absolute Gasteiger partial charge is 0.222 e. The topological polar surface area (TPSA) is 44.1 Å². The Labute approximate surface area is 112 Å². The third kappa shape index (κ3) is 3.24. The van der Waals surface area contributed by atoms with Crippen molar-refractivity contribution in [2.75, 3.05) is 13.1 Å². The van der Waals surface area contributed by atoms with Crippen LogP contribution in [0.3, 0.4) is 0 Å². The fraction of sp³-hybridized carbons (Fsp3) is 0.429. The van der Waals surface area contributed by atoms with Gasteiger partial charge in [0, 0.05) is 24.5 Å². The average molecular weight is 263 g/mol. The molecular formula is C14H15ClN2O. The molecular weight excluding hydrogens is 248 g/mol. The SMILES string of the molecule is N#CC1CCC(=O)N(CCc2ccc(Cl)cc2)C1. The van der Waals surface area contributed by atoms with Crippen LogP contribution in [0.5, 0.6) is 0 Å². The number of likely N-dealkylation sites (tertiary alicyclic amines) is 1. The first-order valence-corrected chi connectivity index (χ1v) is 6.48. The molecule has 1 unspecified atom stereocenters. The Balaban J connectivity index is 1.90. The summed E-state index contributed by atoms with van der Waals surface area (Å²) >= 11 is 5.82. The Morgan fingerprint density at radius 1 is 1.39 bits per heavy atom. The third-order valence-corrected chi connectivity index (χ3v) is 3.52. The van der Waals surface area contributed by atoms with E-state index in [1.807, 2.05) is 24.3 Å². The maximum absolute atomic E-state index is 11.7. The first kappa shape index (κ1) is 12.9. The monoisotopic (exact) mass is 262 g/mol. The molecule has 0 bridgehead atoms. The Bertz CT molecular complexity index is 464. The molecule has 1 amide bonds. The van der Waals surface area contributed by atoms with Crippen LogP contribution in [0.25, 0.3) is 0 Å². The number of hydrogen-bond acceptors (Lipinski definition) is 2. The van der Waals surface area contributed by atoms with Gasteiger partial charge < -0.3 is 4.90 Å². The van der Waals surface area contributed by atoms with Gasteiger partial charge in [0.1, 0.15) is 0 Å². The lowest BCUT2D eigenvalue weighted by molar-refractivity contribution is -0.134. The van der Waals surface area contributed by atoms with Crippen molar-refractivity contribution in [2.45, 2.75) is 19.3 Å². The number of benzene rings is 1. The second-order valence-electron chi connectivity index (χ2n) is 4.58. The molecule has 0 aromatic heterocycles. The van der Waals surface area contributed by atoms with E-state index in [4.69, 9.17) is 16.9 Å². The highest BCUT2D eigenvalue weighted by atomic mass is 35.5. The minimum atomic E-state index is -0.00656. The van der Waals surface area contributed by atoms with Crippen LogP contribution in [-0.2, 0) is 11.2 Å². The summed E-state index contributed by atoms with van der Waals surface area (Å²) in [4.78, 5) is 13.5. The van der Waals surface area contributed by atoms with Gasteiger partial charge in [0.15, 0.2) is 0 Å². The molecule has 1 aliphatic heterocycles. The van der Waals surface area contributed by atoms with Crippen molar-refractivity contribution in [2.24, 2.45) is 5.92 Å². The zero-order valence-corrected chi connectivity index (χ0v) is 10.9. The summed E-state index contributed by atoms with van der Waals surface area (Å²) in [6.45, 7) is 1.25. The normalized spacial score (nSPS) is 19.7. The highest BCUT2D eigenvalue weighted by Gasteiger charge is 2.24. The maximum Gasteiger partial charge on any atom is 0.222 e. The summed E-state index contributed by atoms with van der Waals surface area (Å²) in [5, 5.41) is 9.63. The van der Waals surface area contributed by atoms with Gasteiger partial charge in [-0.3, -0.25) is 4.79 Å². The number of piperidine rings is 1. The van der Waals surface area contributed by atoms with Crippen molar-refractivity contribution in [3.63, 3.8) is 0 Å². The van der Waals surface area contributed by atoms with Gasteiger partial charge in [0.25, 0.3) is 0 Å². The number of carbonyl (C=O) groups excluding carboxylic acids is 1. The number of nitrogens with zero attached hydrogens (tertiary/aromatic N) is 2. The van der Waals surface area contributed by atoms with Gasteiger partial charge in [0.2, 0.25) is 5.91 Å². The summed E-state index contributed by atoms with van der Waals surface area (Å²) in [5.41, 5.74) is 1.16. The number of amides is 1. The van der Waals surface area contributed by atoms with Crippen molar-refractivity contribution in [3.05, 3.63) is 34.9 Å². The lowest BCUT2D eigenvalue weighted by atomic mass is 9.98. The number of halogens is 1. The fourth-order valence-corrected chi connectivity index (χ4v) is 2.28. The van der Waals surface area contributed by atoms with Crippen LogP contribution >= 0.6 is 11.6 Å². The molecule has 1 saturated heterocycles. The average Bonchev–Trinajstić information content (AvgIpc) is 2.40. The first-order chi connectivity index (χ1) is 8.69. The molecule has 94 valence electrons. The minimum absolute atomic E-state index is 0.00656. The van der Waals surface area contributed by atoms with E-state index >= 15 is 0 Å². The van der Waals surface area contributed by atoms with Gasteiger partial charge in [-0.05, 0) is 30.5 Å². The number of hydrogen-bond donors (Lipinski definition) is 0. The molecule has 3 nitrogen and oxygen atoms in total.